The van der Waals surface area contributed by atoms with E-state index in [4.69, 9.17) is 9.47 Å². The molecule has 1 aliphatic heterocycles. The molecule has 27 heavy (non-hydrogen) atoms. The molecule has 3 rings (SSSR count). The average molecular weight is 367 g/mol. The quantitative estimate of drug-likeness (QED) is 0.783. The Kier molecular flexibility index (Phi) is 5.85. The van der Waals surface area contributed by atoms with Crippen LogP contribution in [0.4, 0.5) is 4.79 Å². The fraction of sp³-hybridized carbons (Fsp3) is 0.435. The van der Waals surface area contributed by atoms with Crippen LogP contribution in [-0.2, 0) is 22.3 Å². The highest BCUT2D eigenvalue weighted by molar-refractivity contribution is 5.68. The van der Waals surface area contributed by atoms with E-state index in [0.717, 1.165) is 12.0 Å². The SMILES string of the molecule is Cc1ccc(C[C@@H]2O[C@H](Cc3ccccc3)CN2C(=O)OC(C)(C)C)cc1. The van der Waals surface area contributed by atoms with E-state index in [1.807, 2.05) is 39.0 Å². The Morgan fingerprint density at radius 2 is 1.67 bits per heavy atom. The number of benzene rings is 2. The van der Waals surface area contributed by atoms with E-state index in [-0.39, 0.29) is 18.4 Å². The van der Waals surface area contributed by atoms with E-state index < -0.39 is 5.60 Å². The Balaban J connectivity index is 1.73. The minimum atomic E-state index is -0.525. The summed E-state index contributed by atoms with van der Waals surface area (Å²) in [6, 6.07) is 18.6. The van der Waals surface area contributed by atoms with Gasteiger partial charge in [-0.2, -0.15) is 0 Å². The van der Waals surface area contributed by atoms with Crippen LogP contribution in [0.15, 0.2) is 54.6 Å². The number of amides is 1. The van der Waals surface area contributed by atoms with Gasteiger partial charge >= 0.3 is 6.09 Å². The molecule has 0 saturated carbocycles. The molecule has 1 amide bonds. The fourth-order valence-electron chi connectivity index (χ4n) is 3.26. The van der Waals surface area contributed by atoms with Gasteiger partial charge in [0.2, 0.25) is 0 Å². The molecule has 144 valence electrons. The predicted molar refractivity (Wildman–Crippen MR) is 107 cm³/mol. The third-order valence-corrected chi connectivity index (χ3v) is 4.56. The molecule has 0 bridgehead atoms. The van der Waals surface area contributed by atoms with Gasteiger partial charge in [0.05, 0.1) is 12.6 Å². The van der Waals surface area contributed by atoms with Crippen molar-refractivity contribution >= 4 is 6.09 Å². The van der Waals surface area contributed by atoms with E-state index >= 15 is 0 Å². The Morgan fingerprint density at radius 3 is 2.30 bits per heavy atom. The topological polar surface area (TPSA) is 38.8 Å². The average Bonchev–Trinajstić information content (AvgIpc) is 2.99. The van der Waals surface area contributed by atoms with Crippen molar-refractivity contribution in [2.75, 3.05) is 6.54 Å². The Morgan fingerprint density at radius 1 is 1.04 bits per heavy atom. The molecule has 0 aliphatic carbocycles. The van der Waals surface area contributed by atoms with Gasteiger partial charge in [-0.1, -0.05) is 60.2 Å². The molecule has 2 aromatic rings. The molecule has 0 radical (unpaired) electrons. The summed E-state index contributed by atoms with van der Waals surface area (Å²) >= 11 is 0. The Labute approximate surface area is 162 Å². The highest BCUT2D eigenvalue weighted by Crippen LogP contribution is 2.25. The number of ether oxygens (including phenoxy) is 2. The number of nitrogens with zero attached hydrogens (tertiary/aromatic N) is 1. The Hall–Kier alpha value is -2.33. The van der Waals surface area contributed by atoms with Crippen molar-refractivity contribution in [3.05, 3.63) is 71.3 Å². The molecule has 1 aliphatic rings. The minimum Gasteiger partial charge on any atom is -0.444 e. The Bertz CT molecular complexity index is 749. The number of carbonyl (C=O) groups excluding carboxylic acids is 1. The zero-order chi connectivity index (χ0) is 19.4. The van der Waals surface area contributed by atoms with Gasteiger partial charge in [-0.15, -0.1) is 0 Å². The van der Waals surface area contributed by atoms with Crippen molar-refractivity contribution in [2.45, 2.75) is 58.5 Å². The largest absolute Gasteiger partial charge is 0.444 e. The monoisotopic (exact) mass is 367 g/mol. The molecule has 0 unspecified atom stereocenters. The van der Waals surface area contributed by atoms with Crippen molar-refractivity contribution in [3.8, 4) is 0 Å². The summed E-state index contributed by atoms with van der Waals surface area (Å²) in [6.07, 6.45) is 0.789. The van der Waals surface area contributed by atoms with E-state index in [1.165, 1.54) is 11.1 Å². The van der Waals surface area contributed by atoms with E-state index in [9.17, 15) is 4.79 Å². The highest BCUT2D eigenvalue weighted by atomic mass is 16.6. The maximum Gasteiger partial charge on any atom is 0.412 e. The van der Waals surface area contributed by atoms with Gasteiger partial charge in [0, 0.05) is 12.8 Å². The third-order valence-electron chi connectivity index (χ3n) is 4.56. The molecule has 4 heteroatoms. The molecular weight excluding hydrogens is 338 g/mol. The summed E-state index contributed by atoms with van der Waals surface area (Å²) in [5, 5.41) is 0. The van der Waals surface area contributed by atoms with Crippen molar-refractivity contribution < 1.29 is 14.3 Å². The lowest BCUT2D eigenvalue weighted by Crippen LogP contribution is -2.41. The first-order chi connectivity index (χ1) is 12.8. The highest BCUT2D eigenvalue weighted by Gasteiger charge is 2.38. The van der Waals surface area contributed by atoms with Crippen molar-refractivity contribution in [1.29, 1.82) is 0 Å². The van der Waals surface area contributed by atoms with Crippen LogP contribution in [0.2, 0.25) is 0 Å². The van der Waals surface area contributed by atoms with Crippen LogP contribution in [0.3, 0.4) is 0 Å². The van der Waals surface area contributed by atoms with Crippen LogP contribution >= 0.6 is 0 Å². The van der Waals surface area contributed by atoms with Crippen molar-refractivity contribution in [3.63, 3.8) is 0 Å². The first kappa shape index (κ1) is 19.4. The third kappa shape index (κ3) is 5.57. The lowest BCUT2D eigenvalue weighted by atomic mass is 10.1. The van der Waals surface area contributed by atoms with Crippen molar-refractivity contribution in [2.24, 2.45) is 0 Å². The van der Waals surface area contributed by atoms with Gasteiger partial charge in [0.25, 0.3) is 0 Å². The molecular formula is C23H29NO3. The zero-order valence-electron chi connectivity index (χ0n) is 16.6. The molecule has 1 heterocycles. The zero-order valence-corrected chi connectivity index (χ0v) is 16.6. The van der Waals surface area contributed by atoms with Crippen LogP contribution in [0, 0.1) is 6.92 Å². The maximum atomic E-state index is 12.7. The van der Waals surface area contributed by atoms with Crippen LogP contribution in [0.25, 0.3) is 0 Å². The lowest BCUT2D eigenvalue weighted by molar-refractivity contribution is -0.0202. The van der Waals surface area contributed by atoms with Crippen LogP contribution < -0.4 is 0 Å². The van der Waals surface area contributed by atoms with Crippen LogP contribution in [0.1, 0.15) is 37.5 Å². The van der Waals surface area contributed by atoms with Gasteiger partial charge in [-0.05, 0) is 38.8 Å². The first-order valence-electron chi connectivity index (χ1n) is 9.55. The summed E-state index contributed by atoms with van der Waals surface area (Å²) < 4.78 is 11.9. The van der Waals surface area contributed by atoms with E-state index in [0.29, 0.717) is 13.0 Å². The summed E-state index contributed by atoms with van der Waals surface area (Å²) in [5.74, 6) is 0. The van der Waals surface area contributed by atoms with Gasteiger partial charge in [0.1, 0.15) is 11.8 Å². The molecule has 0 spiro atoms. The normalized spacial score (nSPS) is 19.9. The number of rotatable bonds is 4. The first-order valence-corrected chi connectivity index (χ1v) is 9.55. The smallest absolute Gasteiger partial charge is 0.412 e. The summed E-state index contributed by atoms with van der Waals surface area (Å²) in [6.45, 7) is 8.27. The fourth-order valence-corrected chi connectivity index (χ4v) is 3.26. The number of hydrogen-bond donors (Lipinski definition) is 0. The van der Waals surface area contributed by atoms with Gasteiger partial charge < -0.3 is 9.47 Å². The predicted octanol–water partition coefficient (Wildman–Crippen LogP) is 4.74. The van der Waals surface area contributed by atoms with Crippen LogP contribution in [-0.4, -0.2) is 35.5 Å². The second kappa shape index (κ2) is 8.13. The maximum absolute atomic E-state index is 12.7. The number of carbonyl (C=O) groups is 1. The van der Waals surface area contributed by atoms with Gasteiger partial charge in [0.15, 0.2) is 0 Å². The number of aryl methyl sites for hydroxylation is 1. The standard InChI is InChI=1S/C23H29NO3/c1-17-10-12-19(13-11-17)15-21-24(22(25)27-23(2,3)4)16-20(26-21)14-18-8-6-5-7-9-18/h5-13,20-21H,14-16H2,1-4H3/t20-,21+/m1/s1. The molecule has 0 N–H and O–H groups in total. The van der Waals surface area contributed by atoms with E-state index in [1.54, 1.807) is 4.90 Å². The van der Waals surface area contributed by atoms with Gasteiger partial charge in [-0.3, -0.25) is 4.90 Å². The summed E-state index contributed by atoms with van der Waals surface area (Å²) in [4.78, 5) is 14.5. The molecule has 1 fully saturated rings. The van der Waals surface area contributed by atoms with Crippen LogP contribution in [0.5, 0.6) is 0 Å². The van der Waals surface area contributed by atoms with E-state index in [2.05, 4.69) is 43.3 Å². The summed E-state index contributed by atoms with van der Waals surface area (Å²) in [5.41, 5.74) is 3.06. The summed E-state index contributed by atoms with van der Waals surface area (Å²) in [7, 11) is 0. The molecule has 4 nitrogen and oxygen atoms in total. The molecule has 1 saturated heterocycles. The minimum absolute atomic E-state index is 0.0321. The lowest BCUT2D eigenvalue weighted by Gasteiger charge is -2.27. The second-order valence-corrected chi connectivity index (χ2v) is 8.22. The van der Waals surface area contributed by atoms with Crippen molar-refractivity contribution in [1.82, 2.24) is 4.90 Å². The molecule has 2 aromatic carbocycles. The number of hydrogen-bond acceptors (Lipinski definition) is 3. The molecule has 2 atom stereocenters. The second-order valence-electron chi connectivity index (χ2n) is 8.22. The molecule has 0 aromatic heterocycles. The van der Waals surface area contributed by atoms with Gasteiger partial charge in [-0.25, -0.2) is 4.79 Å².